The average Bonchev–Trinajstić information content (AvgIpc) is 2.21. The van der Waals surface area contributed by atoms with Gasteiger partial charge in [-0.25, -0.2) is 0 Å². The Labute approximate surface area is 96.6 Å². The van der Waals surface area contributed by atoms with E-state index >= 15 is 0 Å². The van der Waals surface area contributed by atoms with E-state index in [-0.39, 0.29) is 0 Å². The number of benzene rings is 1. The molecule has 0 saturated carbocycles. The highest BCUT2D eigenvalue weighted by Gasteiger charge is 1.96. The first-order chi connectivity index (χ1) is 7.13. The van der Waals surface area contributed by atoms with E-state index in [2.05, 4.69) is 18.7 Å². The summed E-state index contributed by atoms with van der Waals surface area (Å²) in [7, 11) is 0. The van der Waals surface area contributed by atoms with Gasteiger partial charge in [0.2, 0.25) is 0 Å². The lowest BCUT2D eigenvalue weighted by Crippen LogP contribution is -1.79. The zero-order chi connectivity index (χ0) is 11.3. The van der Waals surface area contributed by atoms with Crippen molar-refractivity contribution in [2.24, 2.45) is 0 Å². The Morgan fingerprint density at radius 1 is 1.20 bits per heavy atom. The SMILES string of the molecule is C=C(C)/C=C\C(=C/C)c1ccc(Cl)cc1. The Morgan fingerprint density at radius 2 is 1.80 bits per heavy atom. The predicted molar refractivity (Wildman–Crippen MR) is 69.1 cm³/mol. The molecule has 0 heterocycles. The van der Waals surface area contributed by atoms with Gasteiger partial charge in [-0.3, -0.25) is 0 Å². The second-order valence-corrected chi connectivity index (χ2v) is 3.87. The quantitative estimate of drug-likeness (QED) is 0.635. The third kappa shape index (κ3) is 3.77. The molecule has 0 fully saturated rings. The summed E-state index contributed by atoms with van der Waals surface area (Å²) in [4.78, 5) is 0. The van der Waals surface area contributed by atoms with Crippen LogP contribution in [0.1, 0.15) is 19.4 Å². The van der Waals surface area contributed by atoms with Gasteiger partial charge in [-0.2, -0.15) is 0 Å². The highest BCUT2D eigenvalue weighted by molar-refractivity contribution is 6.30. The van der Waals surface area contributed by atoms with Crippen LogP contribution in [0.3, 0.4) is 0 Å². The standard InChI is InChI=1S/C14H15Cl/c1-4-12(6-5-11(2)3)13-7-9-14(15)10-8-13/h4-10H,2H2,1,3H3/b6-5-,12-4+. The molecule has 0 radical (unpaired) electrons. The molecule has 0 saturated heterocycles. The highest BCUT2D eigenvalue weighted by Crippen LogP contribution is 2.19. The van der Waals surface area contributed by atoms with Gasteiger partial charge in [-0.05, 0) is 37.1 Å². The molecule has 0 N–H and O–H groups in total. The molecule has 0 atom stereocenters. The van der Waals surface area contributed by atoms with Gasteiger partial charge in [0, 0.05) is 5.02 Å². The molecule has 0 amide bonds. The second-order valence-electron chi connectivity index (χ2n) is 3.43. The number of hydrogen-bond donors (Lipinski definition) is 0. The van der Waals surface area contributed by atoms with Crippen molar-refractivity contribution in [1.29, 1.82) is 0 Å². The van der Waals surface area contributed by atoms with Crippen LogP contribution in [0.15, 0.2) is 54.6 Å². The van der Waals surface area contributed by atoms with Crippen LogP contribution >= 0.6 is 11.6 Å². The lowest BCUT2D eigenvalue weighted by atomic mass is 10.0. The second kappa shape index (κ2) is 5.57. The zero-order valence-electron chi connectivity index (χ0n) is 9.13. The van der Waals surface area contributed by atoms with Crippen LogP contribution in [0, 0.1) is 0 Å². The van der Waals surface area contributed by atoms with Crippen LogP contribution < -0.4 is 0 Å². The summed E-state index contributed by atoms with van der Waals surface area (Å²) >= 11 is 5.84. The molecule has 0 bridgehead atoms. The molecule has 0 aliphatic rings. The molecule has 0 spiro atoms. The topological polar surface area (TPSA) is 0 Å². The first kappa shape index (κ1) is 11.8. The molecule has 0 aromatic heterocycles. The number of allylic oxidation sites excluding steroid dienone is 5. The minimum absolute atomic E-state index is 0.762. The van der Waals surface area contributed by atoms with Gasteiger partial charge in [0.05, 0.1) is 0 Å². The largest absolute Gasteiger partial charge is 0.0961 e. The monoisotopic (exact) mass is 218 g/mol. The van der Waals surface area contributed by atoms with E-state index in [0.717, 1.165) is 10.6 Å². The van der Waals surface area contributed by atoms with Crippen LogP contribution in [0.4, 0.5) is 0 Å². The van der Waals surface area contributed by atoms with Crippen LogP contribution in [0.5, 0.6) is 0 Å². The lowest BCUT2D eigenvalue weighted by molar-refractivity contribution is 1.54. The predicted octanol–water partition coefficient (Wildman–Crippen LogP) is 4.88. The molecule has 0 unspecified atom stereocenters. The number of rotatable bonds is 3. The summed E-state index contributed by atoms with van der Waals surface area (Å²) in [6.45, 7) is 7.83. The molecule has 0 nitrogen and oxygen atoms in total. The van der Waals surface area contributed by atoms with E-state index < -0.39 is 0 Å². The van der Waals surface area contributed by atoms with Crippen molar-refractivity contribution >= 4 is 17.2 Å². The summed E-state index contributed by atoms with van der Waals surface area (Å²) in [5.41, 5.74) is 3.39. The van der Waals surface area contributed by atoms with Crippen molar-refractivity contribution in [3.8, 4) is 0 Å². The highest BCUT2D eigenvalue weighted by atomic mass is 35.5. The molecule has 0 aliphatic heterocycles. The Kier molecular flexibility index (Phi) is 4.38. The third-order valence-corrected chi connectivity index (χ3v) is 2.29. The molecular formula is C14H15Cl. The Bertz CT molecular complexity index is 394. The lowest BCUT2D eigenvalue weighted by Gasteiger charge is -2.01. The van der Waals surface area contributed by atoms with Crippen molar-refractivity contribution < 1.29 is 0 Å². The van der Waals surface area contributed by atoms with E-state index in [1.807, 2.05) is 44.2 Å². The van der Waals surface area contributed by atoms with Crippen LogP contribution in [-0.2, 0) is 0 Å². The van der Waals surface area contributed by atoms with Crippen LogP contribution in [0.25, 0.3) is 5.57 Å². The van der Waals surface area contributed by atoms with Crippen molar-refractivity contribution in [1.82, 2.24) is 0 Å². The van der Waals surface area contributed by atoms with E-state index in [9.17, 15) is 0 Å². The first-order valence-electron chi connectivity index (χ1n) is 4.89. The van der Waals surface area contributed by atoms with Gasteiger partial charge in [0.1, 0.15) is 0 Å². The van der Waals surface area contributed by atoms with Crippen molar-refractivity contribution in [2.45, 2.75) is 13.8 Å². The van der Waals surface area contributed by atoms with E-state index in [4.69, 9.17) is 11.6 Å². The van der Waals surface area contributed by atoms with Crippen LogP contribution in [-0.4, -0.2) is 0 Å². The van der Waals surface area contributed by atoms with Gasteiger partial charge in [0.15, 0.2) is 0 Å². The van der Waals surface area contributed by atoms with E-state index in [0.29, 0.717) is 0 Å². The Hall–Kier alpha value is -1.27. The average molecular weight is 219 g/mol. The summed E-state index contributed by atoms with van der Waals surface area (Å²) in [5, 5.41) is 0.762. The van der Waals surface area contributed by atoms with Crippen molar-refractivity contribution in [3.05, 3.63) is 65.2 Å². The zero-order valence-corrected chi connectivity index (χ0v) is 9.88. The molecular weight excluding hydrogens is 204 g/mol. The summed E-state index contributed by atoms with van der Waals surface area (Å²) in [5.74, 6) is 0. The van der Waals surface area contributed by atoms with Crippen molar-refractivity contribution in [2.75, 3.05) is 0 Å². The van der Waals surface area contributed by atoms with Gasteiger partial charge >= 0.3 is 0 Å². The van der Waals surface area contributed by atoms with Gasteiger partial charge in [-0.15, -0.1) is 0 Å². The van der Waals surface area contributed by atoms with E-state index in [1.54, 1.807) is 0 Å². The minimum Gasteiger partial charge on any atom is -0.0961 e. The van der Waals surface area contributed by atoms with Crippen LogP contribution in [0.2, 0.25) is 5.02 Å². The maximum Gasteiger partial charge on any atom is 0.0406 e. The fourth-order valence-electron chi connectivity index (χ4n) is 1.23. The maximum absolute atomic E-state index is 5.84. The summed E-state index contributed by atoms with van der Waals surface area (Å²) in [6, 6.07) is 7.82. The molecule has 1 aromatic rings. The Morgan fingerprint density at radius 3 is 2.27 bits per heavy atom. The fraction of sp³-hybridized carbons (Fsp3) is 0.143. The smallest absolute Gasteiger partial charge is 0.0406 e. The molecule has 1 rings (SSSR count). The summed E-state index contributed by atoms with van der Waals surface area (Å²) < 4.78 is 0. The van der Waals surface area contributed by atoms with Gasteiger partial charge < -0.3 is 0 Å². The molecule has 78 valence electrons. The number of hydrogen-bond acceptors (Lipinski definition) is 0. The summed E-state index contributed by atoms with van der Waals surface area (Å²) in [6.07, 6.45) is 6.14. The molecule has 1 aromatic carbocycles. The van der Waals surface area contributed by atoms with Gasteiger partial charge in [0.25, 0.3) is 0 Å². The van der Waals surface area contributed by atoms with E-state index in [1.165, 1.54) is 11.1 Å². The third-order valence-electron chi connectivity index (χ3n) is 2.04. The maximum atomic E-state index is 5.84. The normalized spacial score (nSPS) is 12.1. The minimum atomic E-state index is 0.762. The van der Waals surface area contributed by atoms with Gasteiger partial charge in [-0.1, -0.05) is 54.1 Å². The number of halogens is 1. The van der Waals surface area contributed by atoms with Crippen molar-refractivity contribution in [3.63, 3.8) is 0 Å². The molecule has 1 heteroatoms. The molecule has 0 aliphatic carbocycles. The fourth-order valence-corrected chi connectivity index (χ4v) is 1.36. The molecule has 15 heavy (non-hydrogen) atoms. The first-order valence-corrected chi connectivity index (χ1v) is 5.27. The Balaban J connectivity index is 2.94.